The number of fused-ring (bicyclic) bond motifs is 1. The van der Waals surface area contributed by atoms with Crippen molar-refractivity contribution in [3.63, 3.8) is 0 Å². The number of carbonyl (C=O) groups excluding carboxylic acids is 1. The third-order valence-electron chi connectivity index (χ3n) is 4.97. The fourth-order valence-corrected chi connectivity index (χ4v) is 3.39. The minimum atomic E-state index is 0.00569. The van der Waals surface area contributed by atoms with Crippen LogP contribution in [0.1, 0.15) is 34.8 Å². The van der Waals surface area contributed by atoms with Crippen LogP contribution in [0.4, 0.5) is 0 Å². The van der Waals surface area contributed by atoms with E-state index in [0.29, 0.717) is 37.4 Å². The molecule has 29 heavy (non-hydrogen) atoms. The first-order valence-corrected chi connectivity index (χ1v) is 9.60. The quantitative estimate of drug-likeness (QED) is 0.628. The van der Waals surface area contributed by atoms with Crippen LogP contribution in [-0.4, -0.2) is 46.3 Å². The van der Waals surface area contributed by atoms with E-state index in [0.717, 1.165) is 34.0 Å². The van der Waals surface area contributed by atoms with Gasteiger partial charge in [0.15, 0.2) is 0 Å². The lowest BCUT2D eigenvalue weighted by molar-refractivity contribution is -0.121. The number of ether oxygens (including phenoxy) is 2. The Balaban J connectivity index is 1.56. The highest BCUT2D eigenvalue weighted by Crippen LogP contribution is 2.24. The monoisotopic (exact) mass is 397 g/mol. The highest BCUT2D eigenvalue weighted by atomic mass is 16.5. The van der Waals surface area contributed by atoms with E-state index in [9.17, 15) is 4.79 Å². The first-order valence-electron chi connectivity index (χ1n) is 9.60. The predicted octanol–water partition coefficient (Wildman–Crippen LogP) is 2.36. The van der Waals surface area contributed by atoms with Gasteiger partial charge < -0.3 is 14.8 Å². The van der Waals surface area contributed by atoms with Crippen LogP contribution < -0.4 is 14.8 Å². The summed E-state index contributed by atoms with van der Waals surface area (Å²) >= 11 is 0. The van der Waals surface area contributed by atoms with Crippen molar-refractivity contribution < 1.29 is 14.3 Å². The lowest BCUT2D eigenvalue weighted by Crippen LogP contribution is -2.26. The van der Waals surface area contributed by atoms with Crippen molar-refractivity contribution in [3.05, 3.63) is 46.5 Å². The molecule has 8 heteroatoms. The summed E-state index contributed by atoms with van der Waals surface area (Å²) in [6.07, 6.45) is 1.68. The Labute approximate surface area is 170 Å². The number of benzene rings is 1. The second-order valence-electron chi connectivity index (χ2n) is 6.91. The van der Waals surface area contributed by atoms with Gasteiger partial charge in [-0.2, -0.15) is 10.1 Å². The van der Waals surface area contributed by atoms with E-state index in [1.54, 1.807) is 18.7 Å². The van der Waals surface area contributed by atoms with E-state index in [2.05, 4.69) is 20.4 Å². The molecule has 1 aromatic carbocycles. The zero-order valence-electron chi connectivity index (χ0n) is 17.6. The van der Waals surface area contributed by atoms with E-state index in [1.165, 1.54) is 0 Å². The van der Waals surface area contributed by atoms with E-state index >= 15 is 0 Å². The van der Waals surface area contributed by atoms with Crippen molar-refractivity contribution in [1.82, 2.24) is 24.9 Å². The molecule has 3 aromatic rings. The molecule has 0 fully saturated rings. The van der Waals surface area contributed by atoms with E-state index < -0.39 is 0 Å². The molecule has 154 valence electrons. The van der Waals surface area contributed by atoms with Gasteiger partial charge in [0.05, 0.1) is 14.2 Å². The van der Waals surface area contributed by atoms with Crippen molar-refractivity contribution in [2.24, 2.45) is 0 Å². The van der Waals surface area contributed by atoms with Crippen LogP contribution in [0.15, 0.2) is 18.2 Å². The molecule has 0 bridgehead atoms. The standard InChI is InChI=1S/C21H27N5O3/c1-13-18(14(2)26-21(23-13)24-15(3)25-26)8-9-20(27)22-11-10-16-6-7-17(28-4)12-19(16)29-5/h6-7,12H,8-11H2,1-5H3,(H,22,27). The molecular weight excluding hydrogens is 370 g/mol. The minimum absolute atomic E-state index is 0.00569. The number of amides is 1. The van der Waals surface area contributed by atoms with Gasteiger partial charge in [0, 0.05) is 30.4 Å². The Hall–Kier alpha value is -3.16. The van der Waals surface area contributed by atoms with Gasteiger partial charge in [-0.05, 0) is 50.8 Å². The molecule has 2 aromatic heterocycles. The van der Waals surface area contributed by atoms with Crippen molar-refractivity contribution >= 4 is 11.7 Å². The lowest BCUT2D eigenvalue weighted by Gasteiger charge is -2.12. The molecule has 0 spiro atoms. The third-order valence-corrected chi connectivity index (χ3v) is 4.97. The van der Waals surface area contributed by atoms with Crippen LogP contribution in [-0.2, 0) is 17.6 Å². The largest absolute Gasteiger partial charge is 0.497 e. The first-order chi connectivity index (χ1) is 13.9. The van der Waals surface area contributed by atoms with Crippen LogP contribution in [0.2, 0.25) is 0 Å². The predicted molar refractivity (Wildman–Crippen MR) is 110 cm³/mol. The van der Waals surface area contributed by atoms with E-state index in [1.807, 2.05) is 39.0 Å². The van der Waals surface area contributed by atoms with Crippen molar-refractivity contribution in [2.45, 2.75) is 40.0 Å². The maximum absolute atomic E-state index is 12.3. The molecule has 3 rings (SSSR count). The van der Waals surface area contributed by atoms with Gasteiger partial charge >= 0.3 is 0 Å². The summed E-state index contributed by atoms with van der Waals surface area (Å²) in [6.45, 7) is 6.31. The van der Waals surface area contributed by atoms with Crippen molar-refractivity contribution in [2.75, 3.05) is 20.8 Å². The van der Waals surface area contributed by atoms with Gasteiger partial charge in [-0.15, -0.1) is 0 Å². The minimum Gasteiger partial charge on any atom is -0.497 e. The van der Waals surface area contributed by atoms with Gasteiger partial charge in [-0.25, -0.2) is 9.50 Å². The summed E-state index contributed by atoms with van der Waals surface area (Å²) in [4.78, 5) is 21.1. The van der Waals surface area contributed by atoms with Crippen molar-refractivity contribution in [3.8, 4) is 11.5 Å². The average Bonchev–Trinajstić information content (AvgIpc) is 3.08. The van der Waals surface area contributed by atoms with Crippen LogP contribution >= 0.6 is 0 Å². The van der Waals surface area contributed by atoms with Gasteiger partial charge in [0.2, 0.25) is 5.91 Å². The fourth-order valence-electron chi connectivity index (χ4n) is 3.39. The summed E-state index contributed by atoms with van der Waals surface area (Å²) in [6, 6.07) is 5.69. The first kappa shape index (κ1) is 20.6. The Bertz CT molecular complexity index is 1030. The van der Waals surface area contributed by atoms with Gasteiger partial charge in [-0.1, -0.05) is 6.07 Å². The van der Waals surface area contributed by atoms with Gasteiger partial charge in [0.1, 0.15) is 17.3 Å². The molecular formula is C21H27N5O3. The maximum Gasteiger partial charge on any atom is 0.252 e. The average molecular weight is 397 g/mol. The molecule has 1 amide bonds. The highest BCUT2D eigenvalue weighted by molar-refractivity contribution is 5.76. The Morgan fingerprint density at radius 3 is 2.62 bits per heavy atom. The number of carbonyl (C=O) groups is 1. The Kier molecular flexibility index (Phi) is 6.31. The van der Waals surface area contributed by atoms with Gasteiger partial charge in [-0.3, -0.25) is 4.79 Å². The maximum atomic E-state index is 12.3. The molecule has 0 radical (unpaired) electrons. The van der Waals surface area contributed by atoms with E-state index in [4.69, 9.17) is 9.47 Å². The zero-order chi connectivity index (χ0) is 21.0. The van der Waals surface area contributed by atoms with Crippen LogP contribution in [0.25, 0.3) is 5.78 Å². The summed E-state index contributed by atoms with van der Waals surface area (Å²) in [7, 11) is 3.25. The molecule has 0 unspecified atom stereocenters. The molecule has 2 heterocycles. The topological polar surface area (TPSA) is 90.6 Å². The number of hydrogen-bond acceptors (Lipinski definition) is 6. The molecule has 0 aliphatic carbocycles. The third kappa shape index (κ3) is 4.64. The Morgan fingerprint density at radius 1 is 1.10 bits per heavy atom. The molecule has 0 saturated heterocycles. The van der Waals surface area contributed by atoms with Crippen LogP contribution in [0.5, 0.6) is 11.5 Å². The molecule has 8 nitrogen and oxygen atoms in total. The molecule has 0 atom stereocenters. The normalized spacial score (nSPS) is 10.9. The number of nitrogens with one attached hydrogen (secondary N) is 1. The number of nitrogens with zero attached hydrogens (tertiary/aromatic N) is 4. The van der Waals surface area contributed by atoms with Crippen molar-refractivity contribution in [1.29, 1.82) is 0 Å². The zero-order valence-corrected chi connectivity index (χ0v) is 17.6. The second-order valence-corrected chi connectivity index (χ2v) is 6.91. The summed E-state index contributed by atoms with van der Waals surface area (Å²) in [5.74, 6) is 2.79. The number of methoxy groups -OCH3 is 2. The molecule has 0 saturated carbocycles. The number of aryl methyl sites for hydroxylation is 3. The molecule has 0 aliphatic rings. The number of aromatic nitrogens is 4. The van der Waals surface area contributed by atoms with Gasteiger partial charge in [0.25, 0.3) is 5.78 Å². The summed E-state index contributed by atoms with van der Waals surface area (Å²) in [5.41, 5.74) is 3.92. The smallest absolute Gasteiger partial charge is 0.252 e. The lowest BCUT2D eigenvalue weighted by atomic mass is 10.1. The van der Waals surface area contributed by atoms with Crippen LogP contribution in [0, 0.1) is 20.8 Å². The number of rotatable bonds is 8. The second kappa shape index (κ2) is 8.89. The Morgan fingerprint density at radius 2 is 1.90 bits per heavy atom. The van der Waals surface area contributed by atoms with Crippen LogP contribution in [0.3, 0.4) is 0 Å². The highest BCUT2D eigenvalue weighted by Gasteiger charge is 2.14. The summed E-state index contributed by atoms with van der Waals surface area (Å²) in [5, 5.41) is 7.36. The van der Waals surface area contributed by atoms with E-state index in [-0.39, 0.29) is 5.91 Å². The number of hydrogen-bond donors (Lipinski definition) is 1. The molecule has 1 N–H and O–H groups in total. The summed E-state index contributed by atoms with van der Waals surface area (Å²) < 4.78 is 12.4. The fraction of sp³-hybridized carbons (Fsp3) is 0.429. The molecule has 0 aliphatic heterocycles. The SMILES string of the molecule is COc1ccc(CCNC(=O)CCc2c(C)nc3nc(C)nn3c2C)c(OC)c1.